The van der Waals surface area contributed by atoms with Gasteiger partial charge in [-0.1, -0.05) is 18.2 Å². The first-order valence-corrected chi connectivity index (χ1v) is 6.54. The second-order valence-corrected chi connectivity index (χ2v) is 5.34. The molecule has 2 aliphatic rings. The number of carbonyl (C=O) groups excluding carboxylic acids is 1. The molecule has 1 fully saturated rings. The van der Waals surface area contributed by atoms with Crippen molar-refractivity contribution in [3.8, 4) is 0 Å². The minimum atomic E-state index is -0.943. The van der Waals surface area contributed by atoms with Crippen LogP contribution in [0.5, 0.6) is 0 Å². The van der Waals surface area contributed by atoms with E-state index >= 15 is 0 Å². The number of anilines is 1. The lowest BCUT2D eigenvalue weighted by atomic mass is 9.82. The number of rotatable bonds is 3. The Labute approximate surface area is 115 Å². The third-order valence-electron chi connectivity index (χ3n) is 4.14. The minimum Gasteiger partial charge on any atom is -0.481 e. The first-order valence-electron chi connectivity index (χ1n) is 6.54. The van der Waals surface area contributed by atoms with Crippen LogP contribution in [0.4, 0.5) is 10.1 Å². The van der Waals surface area contributed by atoms with Gasteiger partial charge in [-0.15, -0.1) is 0 Å². The lowest BCUT2D eigenvalue weighted by Gasteiger charge is -2.23. The fourth-order valence-electron chi connectivity index (χ4n) is 3.31. The van der Waals surface area contributed by atoms with Crippen LogP contribution in [0, 0.1) is 29.5 Å². The predicted octanol–water partition coefficient (Wildman–Crippen LogP) is 2.29. The summed E-state index contributed by atoms with van der Waals surface area (Å²) in [5.41, 5.74) is 0.353. The van der Waals surface area contributed by atoms with Gasteiger partial charge < -0.3 is 10.4 Å². The summed E-state index contributed by atoms with van der Waals surface area (Å²) in [4.78, 5) is 23.6. The van der Waals surface area contributed by atoms with Crippen molar-refractivity contribution in [1.82, 2.24) is 0 Å². The zero-order valence-corrected chi connectivity index (χ0v) is 10.6. The summed E-state index contributed by atoms with van der Waals surface area (Å²) in [5, 5.41) is 11.9. The number of carboxylic acid groups (broad SMARTS) is 1. The van der Waals surface area contributed by atoms with Crippen molar-refractivity contribution < 1.29 is 19.1 Å². The number of benzene rings is 1. The Kier molecular flexibility index (Phi) is 3.04. The Morgan fingerprint density at radius 1 is 1.20 bits per heavy atom. The Hall–Kier alpha value is -2.17. The molecule has 2 N–H and O–H groups in total. The molecule has 2 aliphatic carbocycles. The number of amides is 1. The van der Waals surface area contributed by atoms with Crippen molar-refractivity contribution in [2.45, 2.75) is 6.42 Å². The molecule has 0 saturated heterocycles. The van der Waals surface area contributed by atoms with Crippen LogP contribution in [-0.2, 0) is 9.59 Å². The average molecular weight is 275 g/mol. The third kappa shape index (κ3) is 2.09. The molecule has 1 amide bonds. The molecule has 2 bridgehead atoms. The SMILES string of the molecule is O=C(Nc1cccc(F)c1)[C@H]1[C@H](C(=O)O)[C@H]2C=C[C@@H]1C2. The summed E-state index contributed by atoms with van der Waals surface area (Å²) >= 11 is 0. The van der Waals surface area contributed by atoms with Crippen molar-refractivity contribution in [3.05, 3.63) is 42.2 Å². The zero-order valence-electron chi connectivity index (χ0n) is 10.6. The van der Waals surface area contributed by atoms with Gasteiger partial charge in [0.15, 0.2) is 0 Å². The number of hydrogen-bond acceptors (Lipinski definition) is 2. The van der Waals surface area contributed by atoms with Crippen LogP contribution in [0.1, 0.15) is 6.42 Å². The second-order valence-electron chi connectivity index (χ2n) is 5.34. The van der Waals surface area contributed by atoms with Crippen LogP contribution in [-0.4, -0.2) is 17.0 Å². The number of nitrogens with one attached hydrogen (secondary N) is 1. The molecule has 0 radical (unpaired) electrons. The summed E-state index contributed by atoms with van der Waals surface area (Å²) in [6.07, 6.45) is 4.51. The fraction of sp³-hybridized carbons (Fsp3) is 0.333. The molecule has 4 atom stereocenters. The highest BCUT2D eigenvalue weighted by Gasteiger charge is 2.51. The normalized spacial score (nSPS) is 30.4. The van der Waals surface area contributed by atoms with E-state index in [9.17, 15) is 19.1 Å². The van der Waals surface area contributed by atoms with Crippen molar-refractivity contribution in [2.75, 3.05) is 5.32 Å². The Bertz CT molecular complexity index is 599. The molecule has 20 heavy (non-hydrogen) atoms. The highest BCUT2D eigenvalue weighted by Crippen LogP contribution is 2.48. The molecular weight excluding hydrogens is 261 g/mol. The van der Waals surface area contributed by atoms with Gasteiger partial charge in [-0.05, 0) is 36.5 Å². The van der Waals surface area contributed by atoms with Crippen LogP contribution in [0.2, 0.25) is 0 Å². The number of carbonyl (C=O) groups is 2. The molecule has 0 heterocycles. The summed E-state index contributed by atoms with van der Waals surface area (Å²) in [6, 6.07) is 5.59. The van der Waals surface area contributed by atoms with E-state index in [-0.39, 0.29) is 17.7 Å². The number of allylic oxidation sites excluding steroid dienone is 2. The molecular formula is C15H14FNO3. The van der Waals surface area contributed by atoms with Crippen molar-refractivity contribution in [3.63, 3.8) is 0 Å². The van der Waals surface area contributed by atoms with Gasteiger partial charge in [-0.3, -0.25) is 9.59 Å². The zero-order chi connectivity index (χ0) is 14.3. The maximum absolute atomic E-state index is 13.1. The van der Waals surface area contributed by atoms with E-state index in [2.05, 4.69) is 5.32 Å². The number of aliphatic carboxylic acids is 1. The molecule has 0 spiro atoms. The Balaban J connectivity index is 1.80. The van der Waals surface area contributed by atoms with Gasteiger partial charge >= 0.3 is 5.97 Å². The molecule has 0 aromatic heterocycles. The predicted molar refractivity (Wildman–Crippen MR) is 70.4 cm³/mol. The van der Waals surface area contributed by atoms with E-state index in [0.717, 1.165) is 0 Å². The smallest absolute Gasteiger partial charge is 0.307 e. The summed E-state index contributed by atoms with van der Waals surface area (Å²) in [5.74, 6) is -3.09. The quantitative estimate of drug-likeness (QED) is 0.832. The van der Waals surface area contributed by atoms with E-state index in [4.69, 9.17) is 0 Å². The largest absolute Gasteiger partial charge is 0.481 e. The average Bonchev–Trinajstić information content (AvgIpc) is 2.98. The van der Waals surface area contributed by atoms with Crippen LogP contribution in [0.25, 0.3) is 0 Å². The first kappa shape index (κ1) is 12.8. The van der Waals surface area contributed by atoms with Crippen LogP contribution in [0.3, 0.4) is 0 Å². The van der Waals surface area contributed by atoms with E-state index in [1.807, 2.05) is 12.2 Å². The number of carboxylic acids is 1. The number of fused-ring (bicyclic) bond motifs is 2. The van der Waals surface area contributed by atoms with Crippen LogP contribution < -0.4 is 5.32 Å². The van der Waals surface area contributed by atoms with Gasteiger partial charge in [0.1, 0.15) is 5.82 Å². The van der Waals surface area contributed by atoms with Gasteiger partial charge in [0.05, 0.1) is 11.8 Å². The lowest BCUT2D eigenvalue weighted by molar-refractivity contribution is -0.146. The maximum Gasteiger partial charge on any atom is 0.307 e. The minimum absolute atomic E-state index is 0.0327. The monoisotopic (exact) mass is 275 g/mol. The van der Waals surface area contributed by atoms with Crippen LogP contribution >= 0.6 is 0 Å². The summed E-state index contributed by atoms with van der Waals surface area (Å²) < 4.78 is 13.1. The van der Waals surface area contributed by atoms with Gasteiger partial charge in [-0.25, -0.2) is 4.39 Å². The molecule has 4 nitrogen and oxygen atoms in total. The van der Waals surface area contributed by atoms with E-state index < -0.39 is 23.6 Å². The molecule has 1 saturated carbocycles. The number of halogens is 1. The maximum atomic E-state index is 13.1. The van der Waals surface area contributed by atoms with Gasteiger partial charge in [-0.2, -0.15) is 0 Å². The third-order valence-corrected chi connectivity index (χ3v) is 4.14. The standard InChI is InChI=1S/C15H14FNO3/c16-10-2-1-3-11(7-10)17-14(18)12-8-4-5-9(6-8)13(12)15(19)20/h1-5,7-9,12-13H,6H2,(H,17,18)(H,19,20)/t8-,9+,12-,13-/m1/s1. The molecule has 104 valence electrons. The van der Waals surface area contributed by atoms with Crippen molar-refractivity contribution >= 4 is 17.6 Å². The molecule has 5 heteroatoms. The number of hydrogen-bond donors (Lipinski definition) is 2. The first-order chi connectivity index (χ1) is 9.56. The Morgan fingerprint density at radius 2 is 1.90 bits per heavy atom. The van der Waals surface area contributed by atoms with Crippen molar-refractivity contribution in [2.24, 2.45) is 23.7 Å². The summed E-state index contributed by atoms with van der Waals surface area (Å²) in [6.45, 7) is 0. The van der Waals surface area contributed by atoms with Crippen LogP contribution in [0.15, 0.2) is 36.4 Å². The molecule has 0 aliphatic heterocycles. The summed E-state index contributed by atoms with van der Waals surface area (Å²) in [7, 11) is 0. The molecule has 3 rings (SSSR count). The second kappa shape index (κ2) is 4.74. The molecule has 1 aromatic rings. The molecule has 1 aromatic carbocycles. The van der Waals surface area contributed by atoms with Crippen molar-refractivity contribution in [1.29, 1.82) is 0 Å². The van der Waals surface area contributed by atoms with E-state index in [1.165, 1.54) is 18.2 Å². The topological polar surface area (TPSA) is 66.4 Å². The highest BCUT2D eigenvalue weighted by molar-refractivity contribution is 5.96. The molecule has 0 unspecified atom stereocenters. The van der Waals surface area contributed by atoms with Gasteiger partial charge in [0, 0.05) is 5.69 Å². The van der Waals surface area contributed by atoms with E-state index in [1.54, 1.807) is 6.07 Å². The highest BCUT2D eigenvalue weighted by atomic mass is 19.1. The fourth-order valence-corrected chi connectivity index (χ4v) is 3.31. The lowest BCUT2D eigenvalue weighted by Crippen LogP contribution is -2.36. The van der Waals surface area contributed by atoms with Gasteiger partial charge in [0.2, 0.25) is 5.91 Å². The van der Waals surface area contributed by atoms with Gasteiger partial charge in [0.25, 0.3) is 0 Å². The Morgan fingerprint density at radius 3 is 2.55 bits per heavy atom. The van der Waals surface area contributed by atoms with E-state index in [0.29, 0.717) is 12.1 Å².